The van der Waals surface area contributed by atoms with E-state index < -0.39 is 15.8 Å². The number of anilines is 1. The maximum Gasteiger partial charge on any atom is 0.417 e. The first-order valence-corrected chi connectivity index (χ1v) is 9.96. The van der Waals surface area contributed by atoms with Crippen LogP contribution in [0.5, 0.6) is 11.5 Å². The smallest absolute Gasteiger partial charge is 0.417 e. The lowest BCUT2D eigenvalue weighted by molar-refractivity contribution is 0.254. The third-order valence-corrected chi connectivity index (χ3v) is 5.61. The minimum Gasteiger partial charge on any atom is -0.492 e. The normalized spacial score (nSPS) is 16.1. The van der Waals surface area contributed by atoms with Crippen molar-refractivity contribution < 1.29 is 22.3 Å². The first-order chi connectivity index (χ1) is 12.9. The minimum atomic E-state index is -3.93. The van der Waals surface area contributed by atoms with Gasteiger partial charge in [0.25, 0.3) is 10.0 Å². The van der Waals surface area contributed by atoms with Gasteiger partial charge in [0.15, 0.2) is 5.58 Å². The molecule has 1 aromatic heterocycles. The SMILES string of the molecule is CCOc1cc2c(cc1NS(=O)(=O)c1ccc3[nH]c(=O)oc3c1)O[C@@H](C)C2. The number of aromatic nitrogens is 1. The molecule has 2 N–H and O–H groups in total. The molecule has 1 atom stereocenters. The van der Waals surface area contributed by atoms with Crippen molar-refractivity contribution in [3.63, 3.8) is 0 Å². The van der Waals surface area contributed by atoms with Crippen molar-refractivity contribution in [2.75, 3.05) is 11.3 Å². The monoisotopic (exact) mass is 390 g/mol. The van der Waals surface area contributed by atoms with Gasteiger partial charge in [-0.25, -0.2) is 13.2 Å². The van der Waals surface area contributed by atoms with Crippen LogP contribution in [0.1, 0.15) is 19.4 Å². The van der Waals surface area contributed by atoms with E-state index in [1.807, 2.05) is 13.8 Å². The van der Waals surface area contributed by atoms with Crippen LogP contribution in [0, 0.1) is 0 Å². The van der Waals surface area contributed by atoms with Crippen LogP contribution in [0.2, 0.25) is 0 Å². The molecule has 2 aromatic carbocycles. The number of nitrogens with one attached hydrogen (secondary N) is 2. The maximum atomic E-state index is 12.8. The molecule has 27 heavy (non-hydrogen) atoms. The molecule has 0 bridgehead atoms. The second-order valence-corrected chi connectivity index (χ2v) is 7.98. The summed E-state index contributed by atoms with van der Waals surface area (Å²) in [5.74, 6) is 0.429. The second kappa shape index (κ2) is 6.34. The first-order valence-electron chi connectivity index (χ1n) is 8.48. The van der Waals surface area contributed by atoms with E-state index in [-0.39, 0.29) is 16.6 Å². The number of H-pyrrole nitrogens is 1. The maximum absolute atomic E-state index is 12.8. The summed E-state index contributed by atoms with van der Waals surface area (Å²) < 4.78 is 44.5. The second-order valence-electron chi connectivity index (χ2n) is 6.30. The molecular weight excluding hydrogens is 372 g/mol. The fraction of sp³-hybridized carbons (Fsp3) is 0.278. The topological polar surface area (TPSA) is 111 Å². The van der Waals surface area contributed by atoms with Crippen LogP contribution >= 0.6 is 0 Å². The molecule has 2 heterocycles. The molecule has 0 amide bonds. The van der Waals surface area contributed by atoms with Gasteiger partial charge in [0, 0.05) is 24.1 Å². The summed E-state index contributed by atoms with van der Waals surface area (Å²) in [4.78, 5) is 13.7. The number of oxazole rings is 1. The Bertz CT molecular complexity index is 1180. The van der Waals surface area contributed by atoms with Crippen LogP contribution in [0.25, 0.3) is 11.1 Å². The number of aromatic amines is 1. The molecule has 8 nitrogen and oxygen atoms in total. The van der Waals surface area contributed by atoms with Crippen LogP contribution in [-0.4, -0.2) is 26.1 Å². The van der Waals surface area contributed by atoms with Crippen molar-refractivity contribution in [3.05, 3.63) is 46.4 Å². The Morgan fingerprint density at radius 1 is 1.30 bits per heavy atom. The third kappa shape index (κ3) is 3.25. The van der Waals surface area contributed by atoms with Crippen molar-refractivity contribution in [1.29, 1.82) is 0 Å². The van der Waals surface area contributed by atoms with Crippen LogP contribution in [0.4, 0.5) is 5.69 Å². The number of benzene rings is 2. The molecule has 142 valence electrons. The van der Waals surface area contributed by atoms with Gasteiger partial charge in [0.2, 0.25) is 0 Å². The lowest BCUT2D eigenvalue weighted by Gasteiger charge is -2.14. The number of hydrogen-bond donors (Lipinski definition) is 2. The van der Waals surface area contributed by atoms with Gasteiger partial charge in [-0.2, -0.15) is 0 Å². The molecule has 9 heteroatoms. The summed E-state index contributed by atoms with van der Waals surface area (Å²) in [6.45, 7) is 4.17. The lowest BCUT2D eigenvalue weighted by Crippen LogP contribution is -2.14. The Morgan fingerprint density at radius 3 is 2.89 bits per heavy atom. The molecular formula is C18H18N2O6S. The van der Waals surface area contributed by atoms with Crippen molar-refractivity contribution in [2.45, 2.75) is 31.3 Å². The summed E-state index contributed by atoms with van der Waals surface area (Å²) in [5, 5.41) is 0. The van der Waals surface area contributed by atoms with Gasteiger partial charge in [-0.3, -0.25) is 9.71 Å². The highest BCUT2D eigenvalue weighted by molar-refractivity contribution is 7.92. The van der Waals surface area contributed by atoms with E-state index in [1.54, 1.807) is 12.1 Å². The number of sulfonamides is 1. The highest BCUT2D eigenvalue weighted by atomic mass is 32.2. The highest BCUT2D eigenvalue weighted by Crippen LogP contribution is 2.39. The summed E-state index contributed by atoms with van der Waals surface area (Å²) >= 11 is 0. The van der Waals surface area contributed by atoms with Gasteiger partial charge in [0.05, 0.1) is 22.7 Å². The van der Waals surface area contributed by atoms with Crippen LogP contribution < -0.4 is 20.0 Å². The van der Waals surface area contributed by atoms with Crippen LogP contribution in [-0.2, 0) is 16.4 Å². The highest BCUT2D eigenvalue weighted by Gasteiger charge is 2.24. The van der Waals surface area contributed by atoms with Gasteiger partial charge in [-0.05, 0) is 32.0 Å². The molecule has 0 radical (unpaired) electrons. The summed E-state index contributed by atoms with van der Waals surface area (Å²) in [7, 11) is -3.93. The molecule has 4 rings (SSSR count). The average molecular weight is 390 g/mol. The standard InChI is InChI=1S/C18H18N2O6S/c1-3-24-16-7-11-6-10(2)25-15(11)9-14(16)20-27(22,23)12-4-5-13-17(8-12)26-18(21)19-13/h4-5,7-10,20H,3,6H2,1-2H3,(H,19,21)/t10-/m0/s1. The largest absolute Gasteiger partial charge is 0.492 e. The van der Waals surface area contributed by atoms with Crippen LogP contribution in [0.15, 0.2) is 44.4 Å². The van der Waals surface area contributed by atoms with Gasteiger partial charge >= 0.3 is 5.76 Å². The molecule has 0 aliphatic carbocycles. The molecule has 1 aliphatic rings. The Kier molecular flexibility index (Phi) is 4.11. The van der Waals surface area contributed by atoms with E-state index in [1.165, 1.54) is 18.2 Å². The molecule has 1 aliphatic heterocycles. The first kappa shape index (κ1) is 17.5. The van der Waals surface area contributed by atoms with E-state index in [9.17, 15) is 13.2 Å². The molecule has 3 aromatic rings. The van der Waals surface area contributed by atoms with Crippen molar-refractivity contribution in [3.8, 4) is 11.5 Å². The van der Waals surface area contributed by atoms with Gasteiger partial charge < -0.3 is 13.9 Å². The molecule has 0 saturated carbocycles. The zero-order valence-electron chi connectivity index (χ0n) is 14.7. The molecule has 0 unspecified atom stereocenters. The summed E-state index contributed by atoms with van der Waals surface area (Å²) in [6.07, 6.45) is 0.770. The van der Waals surface area contributed by atoms with Crippen molar-refractivity contribution in [1.82, 2.24) is 4.98 Å². The zero-order chi connectivity index (χ0) is 19.2. The van der Waals surface area contributed by atoms with Gasteiger partial charge in [-0.1, -0.05) is 0 Å². The predicted octanol–water partition coefficient (Wildman–Crippen LogP) is 2.64. The predicted molar refractivity (Wildman–Crippen MR) is 99.0 cm³/mol. The lowest BCUT2D eigenvalue weighted by atomic mass is 10.1. The fourth-order valence-corrected chi connectivity index (χ4v) is 4.17. The Labute approximate surface area is 155 Å². The fourth-order valence-electron chi connectivity index (χ4n) is 3.09. The zero-order valence-corrected chi connectivity index (χ0v) is 15.6. The number of fused-ring (bicyclic) bond motifs is 2. The third-order valence-electron chi connectivity index (χ3n) is 4.25. The van der Waals surface area contributed by atoms with Gasteiger partial charge in [-0.15, -0.1) is 0 Å². The Morgan fingerprint density at radius 2 is 2.11 bits per heavy atom. The number of rotatable bonds is 5. The van der Waals surface area contributed by atoms with Crippen LogP contribution in [0.3, 0.4) is 0 Å². The van der Waals surface area contributed by atoms with E-state index in [0.717, 1.165) is 12.0 Å². The number of ether oxygens (including phenoxy) is 2. The van der Waals surface area contributed by atoms with E-state index in [2.05, 4.69) is 9.71 Å². The average Bonchev–Trinajstić information content (AvgIpc) is 3.14. The molecule has 0 fully saturated rings. The quantitative estimate of drug-likeness (QED) is 0.693. The Hall–Kier alpha value is -2.94. The van der Waals surface area contributed by atoms with Crippen molar-refractivity contribution >= 4 is 26.8 Å². The Balaban J connectivity index is 1.73. The number of hydrogen-bond acceptors (Lipinski definition) is 6. The molecule has 0 spiro atoms. The van der Waals surface area contributed by atoms with Crippen molar-refractivity contribution in [2.24, 2.45) is 0 Å². The van der Waals surface area contributed by atoms with E-state index in [4.69, 9.17) is 13.9 Å². The van der Waals surface area contributed by atoms with E-state index >= 15 is 0 Å². The summed E-state index contributed by atoms with van der Waals surface area (Å²) in [5.41, 5.74) is 1.86. The minimum absolute atomic E-state index is 0.0280. The van der Waals surface area contributed by atoms with E-state index in [0.29, 0.717) is 29.3 Å². The van der Waals surface area contributed by atoms with Gasteiger partial charge in [0.1, 0.15) is 17.6 Å². The summed E-state index contributed by atoms with van der Waals surface area (Å²) in [6, 6.07) is 7.60. The molecule has 0 saturated heterocycles.